The van der Waals surface area contributed by atoms with Gasteiger partial charge in [0.05, 0.1) is 5.52 Å². The van der Waals surface area contributed by atoms with E-state index in [0.717, 1.165) is 0 Å². The smallest absolute Gasteiger partial charge is 0.379 e. The average molecular weight is 227 g/mol. The van der Waals surface area contributed by atoms with Gasteiger partial charge in [0, 0.05) is 11.6 Å². The summed E-state index contributed by atoms with van der Waals surface area (Å²) in [5, 5.41) is 9.64. The van der Waals surface area contributed by atoms with E-state index >= 15 is 0 Å². The third-order valence-corrected chi connectivity index (χ3v) is 2.25. The molecule has 0 radical (unpaired) electrons. The number of hydrogen-bond donors (Lipinski definition) is 1. The number of aliphatic hydroxyl groups is 1. The Hall–Kier alpha value is -1.62. The quantitative estimate of drug-likeness (QED) is 0.812. The highest BCUT2D eigenvalue weighted by atomic mass is 19.4. The van der Waals surface area contributed by atoms with Gasteiger partial charge in [0.2, 0.25) is 0 Å². The van der Waals surface area contributed by atoms with Gasteiger partial charge in [0.1, 0.15) is 0 Å². The molecule has 0 bridgehead atoms. The molecule has 2 nitrogen and oxygen atoms in total. The number of alkyl halides is 3. The molecule has 2 aromatic rings. The Labute approximate surface area is 89.4 Å². The summed E-state index contributed by atoms with van der Waals surface area (Å²) in [6.45, 7) is 0. The van der Waals surface area contributed by atoms with Gasteiger partial charge in [0.25, 0.3) is 0 Å². The Morgan fingerprint density at radius 1 is 1.19 bits per heavy atom. The Bertz CT molecular complexity index is 510. The molecule has 1 aromatic heterocycles. The van der Waals surface area contributed by atoms with E-state index in [0.29, 0.717) is 10.9 Å². The van der Waals surface area contributed by atoms with Crippen LogP contribution in [0, 0.1) is 0 Å². The van der Waals surface area contributed by atoms with Crippen molar-refractivity contribution in [2.75, 3.05) is 0 Å². The Morgan fingerprint density at radius 3 is 2.62 bits per heavy atom. The van der Waals surface area contributed by atoms with Gasteiger partial charge in [-0.25, -0.2) is 0 Å². The number of nitrogens with zero attached hydrogens (tertiary/aromatic N) is 1. The van der Waals surface area contributed by atoms with Crippen LogP contribution in [-0.4, -0.2) is 16.3 Å². The third-order valence-electron chi connectivity index (χ3n) is 2.25. The molecule has 0 unspecified atom stereocenters. The zero-order valence-corrected chi connectivity index (χ0v) is 8.07. The molecule has 84 valence electrons. The summed E-state index contributed by atoms with van der Waals surface area (Å²) in [4.78, 5) is 3.98. The molecule has 0 aliphatic carbocycles. The van der Waals surface area contributed by atoms with Crippen LogP contribution >= 0.6 is 0 Å². The molecule has 1 aromatic carbocycles. The van der Waals surface area contributed by atoms with Crippen LogP contribution in [0.25, 0.3) is 10.9 Å². The van der Waals surface area contributed by atoms with Crippen LogP contribution in [0.2, 0.25) is 0 Å². The first-order chi connectivity index (χ1) is 7.48. The number of pyridine rings is 1. The number of halogens is 3. The van der Waals surface area contributed by atoms with Crippen LogP contribution < -0.4 is 0 Å². The summed E-state index contributed by atoms with van der Waals surface area (Å²) in [5.74, 6) is 0. The van der Waals surface area contributed by atoms with Crippen LogP contribution in [-0.2, 0) is 0 Å². The highest BCUT2D eigenvalue weighted by Gasteiger charge is 2.39. The predicted molar refractivity (Wildman–Crippen MR) is 52.8 cm³/mol. The van der Waals surface area contributed by atoms with Gasteiger partial charge in [-0.05, 0) is 23.8 Å². The second-order valence-corrected chi connectivity index (χ2v) is 3.40. The fourth-order valence-corrected chi connectivity index (χ4v) is 1.45. The molecule has 0 aliphatic heterocycles. The van der Waals surface area contributed by atoms with E-state index in [-0.39, 0.29) is 5.56 Å². The molecule has 1 heterocycles. The zero-order chi connectivity index (χ0) is 11.8. The second-order valence-electron chi connectivity index (χ2n) is 3.40. The molecule has 1 N–H and O–H groups in total. The Kier molecular flexibility index (Phi) is 2.55. The molecule has 2 rings (SSSR count). The molecular formula is C11H8F3NO. The monoisotopic (exact) mass is 227 g/mol. The van der Waals surface area contributed by atoms with Crippen molar-refractivity contribution in [1.29, 1.82) is 0 Å². The van der Waals surface area contributed by atoms with Gasteiger partial charge in [-0.3, -0.25) is 4.98 Å². The maximum absolute atomic E-state index is 12.3. The van der Waals surface area contributed by atoms with Gasteiger partial charge in [-0.2, -0.15) is 13.2 Å². The second kappa shape index (κ2) is 3.75. The Balaban J connectivity index is 2.47. The summed E-state index contributed by atoms with van der Waals surface area (Å²) in [5.41, 5.74) is 0.425. The van der Waals surface area contributed by atoms with Crippen LogP contribution in [0.1, 0.15) is 11.7 Å². The van der Waals surface area contributed by atoms with Crippen molar-refractivity contribution in [1.82, 2.24) is 4.98 Å². The molecular weight excluding hydrogens is 219 g/mol. The largest absolute Gasteiger partial charge is 0.418 e. The summed E-state index contributed by atoms with van der Waals surface area (Å²) in [7, 11) is 0. The van der Waals surface area contributed by atoms with Crippen molar-refractivity contribution in [3.63, 3.8) is 0 Å². The number of aliphatic hydroxyl groups excluding tert-OH is 1. The van der Waals surface area contributed by atoms with Crippen molar-refractivity contribution in [2.24, 2.45) is 0 Å². The molecule has 1 atom stereocenters. The van der Waals surface area contributed by atoms with E-state index in [1.165, 1.54) is 18.2 Å². The minimum Gasteiger partial charge on any atom is -0.379 e. The number of aromatic nitrogens is 1. The number of fused-ring (bicyclic) bond motifs is 1. The topological polar surface area (TPSA) is 33.1 Å². The Morgan fingerprint density at radius 2 is 1.94 bits per heavy atom. The van der Waals surface area contributed by atoms with Crippen LogP contribution in [0.15, 0.2) is 36.5 Å². The molecule has 0 aliphatic rings. The fraction of sp³-hybridized carbons (Fsp3) is 0.182. The standard InChI is InChI=1S/C11H8F3NO/c12-11(13,14)10(16)8-3-4-9-7(6-8)2-1-5-15-9/h1-6,10,16H/t10-/m1/s1. The van der Waals surface area contributed by atoms with Crippen LogP contribution in [0.3, 0.4) is 0 Å². The van der Waals surface area contributed by atoms with E-state index < -0.39 is 12.3 Å². The van der Waals surface area contributed by atoms with Crippen molar-refractivity contribution < 1.29 is 18.3 Å². The van der Waals surface area contributed by atoms with E-state index in [1.807, 2.05) is 0 Å². The number of rotatable bonds is 1. The normalized spacial score (nSPS) is 14.0. The van der Waals surface area contributed by atoms with Crippen molar-refractivity contribution >= 4 is 10.9 Å². The highest BCUT2D eigenvalue weighted by Crippen LogP contribution is 2.33. The first-order valence-corrected chi connectivity index (χ1v) is 4.58. The van der Waals surface area contributed by atoms with E-state index in [9.17, 15) is 13.2 Å². The molecule has 0 saturated heterocycles. The SMILES string of the molecule is O[C@H](c1ccc2ncccc2c1)C(F)(F)F. The van der Waals surface area contributed by atoms with Crippen molar-refractivity contribution in [3.05, 3.63) is 42.1 Å². The van der Waals surface area contributed by atoms with Crippen LogP contribution in [0.4, 0.5) is 13.2 Å². The summed E-state index contributed by atoms with van der Waals surface area (Å²) in [6, 6.07) is 7.26. The zero-order valence-electron chi connectivity index (χ0n) is 8.07. The van der Waals surface area contributed by atoms with Gasteiger partial charge >= 0.3 is 6.18 Å². The lowest BCUT2D eigenvalue weighted by molar-refractivity contribution is -0.206. The molecule has 0 amide bonds. The summed E-state index contributed by atoms with van der Waals surface area (Å²) >= 11 is 0. The van der Waals surface area contributed by atoms with Gasteiger partial charge < -0.3 is 5.11 Å². The minimum atomic E-state index is -4.64. The lowest BCUT2D eigenvalue weighted by Crippen LogP contribution is -2.20. The maximum Gasteiger partial charge on any atom is 0.418 e. The first-order valence-electron chi connectivity index (χ1n) is 4.58. The first kappa shape index (κ1) is 10.9. The molecule has 0 fully saturated rings. The lowest BCUT2D eigenvalue weighted by Gasteiger charge is -2.14. The van der Waals surface area contributed by atoms with E-state index in [2.05, 4.69) is 4.98 Å². The van der Waals surface area contributed by atoms with Gasteiger partial charge in [0.15, 0.2) is 6.10 Å². The van der Waals surface area contributed by atoms with Gasteiger partial charge in [-0.15, -0.1) is 0 Å². The van der Waals surface area contributed by atoms with Crippen LogP contribution in [0.5, 0.6) is 0 Å². The number of benzene rings is 1. The van der Waals surface area contributed by atoms with Gasteiger partial charge in [-0.1, -0.05) is 12.1 Å². The van der Waals surface area contributed by atoms with E-state index in [1.54, 1.807) is 18.3 Å². The molecule has 0 saturated carbocycles. The third kappa shape index (κ3) is 1.99. The summed E-state index contributed by atoms with van der Waals surface area (Å²) < 4.78 is 36.8. The van der Waals surface area contributed by atoms with E-state index in [4.69, 9.17) is 5.11 Å². The minimum absolute atomic E-state index is 0.173. The average Bonchev–Trinajstić information content (AvgIpc) is 2.26. The molecule has 5 heteroatoms. The highest BCUT2D eigenvalue weighted by molar-refractivity contribution is 5.79. The predicted octanol–water partition coefficient (Wildman–Crippen LogP) is 2.83. The number of hydrogen-bond acceptors (Lipinski definition) is 2. The molecule has 0 spiro atoms. The maximum atomic E-state index is 12.3. The lowest BCUT2D eigenvalue weighted by atomic mass is 10.1. The van der Waals surface area contributed by atoms with Crippen molar-refractivity contribution in [2.45, 2.75) is 12.3 Å². The molecule has 16 heavy (non-hydrogen) atoms. The summed E-state index contributed by atoms with van der Waals surface area (Å²) in [6.07, 6.45) is -5.53. The fourth-order valence-electron chi connectivity index (χ4n) is 1.45. The van der Waals surface area contributed by atoms with Crippen molar-refractivity contribution in [3.8, 4) is 0 Å².